The molecule has 1 aliphatic rings. The number of hydrogen-bond acceptors (Lipinski definition) is 4. The van der Waals surface area contributed by atoms with E-state index in [9.17, 15) is 31.5 Å². The van der Waals surface area contributed by atoms with Crippen LogP contribution in [-0.2, 0) is 9.53 Å². The van der Waals surface area contributed by atoms with E-state index in [1.165, 1.54) is 6.20 Å². The Morgan fingerprint density at radius 2 is 1.48 bits per heavy atom. The van der Waals surface area contributed by atoms with Crippen LogP contribution in [0.25, 0.3) is 0 Å². The maximum absolute atomic E-state index is 13.7. The van der Waals surface area contributed by atoms with Crippen LogP contribution in [0.1, 0.15) is 34.1 Å². The highest BCUT2D eigenvalue weighted by Gasteiger charge is 2.39. The Morgan fingerprint density at radius 3 is 1.96 bits per heavy atom. The second-order valence-corrected chi connectivity index (χ2v) is 6.90. The first-order valence-electron chi connectivity index (χ1n) is 7.75. The molecule has 1 aromatic carbocycles. The van der Waals surface area contributed by atoms with Crippen molar-refractivity contribution in [3.63, 3.8) is 0 Å². The van der Waals surface area contributed by atoms with Crippen LogP contribution in [-0.4, -0.2) is 28.6 Å². The molecule has 0 spiro atoms. The normalized spacial score (nSPS) is 17.0. The maximum Gasteiger partial charge on any atom is 0.415 e. The van der Waals surface area contributed by atoms with E-state index in [-0.39, 0.29) is 6.42 Å². The second kappa shape index (κ2) is 7.16. The predicted octanol–water partition coefficient (Wildman–Crippen LogP) is 4.20. The topological polar surface area (TPSA) is 55.8 Å². The van der Waals surface area contributed by atoms with Crippen LogP contribution in [0.5, 0.6) is 5.75 Å². The summed E-state index contributed by atoms with van der Waals surface area (Å²) in [6.07, 6.45) is 0.283. The first kappa shape index (κ1) is 20.7. The molecule has 0 fully saturated rings. The Morgan fingerprint density at radius 1 is 1.00 bits per heavy atom. The summed E-state index contributed by atoms with van der Waals surface area (Å²) in [5.74, 6) is -14.6. The van der Waals surface area contributed by atoms with Crippen molar-refractivity contribution >= 4 is 12.1 Å². The highest BCUT2D eigenvalue weighted by atomic mass is 19.2. The second-order valence-electron chi connectivity index (χ2n) is 6.90. The molecule has 27 heavy (non-hydrogen) atoms. The minimum atomic E-state index is -2.38. The summed E-state index contributed by atoms with van der Waals surface area (Å²) in [7, 11) is 0. The molecule has 0 N–H and O–H groups in total. The fraction of sp³-hybridized carbons (Fsp3) is 0.412. The number of esters is 1. The van der Waals surface area contributed by atoms with Gasteiger partial charge in [-0.25, -0.2) is 22.8 Å². The molecule has 2 rings (SSSR count). The van der Waals surface area contributed by atoms with Gasteiger partial charge in [0.1, 0.15) is 11.6 Å². The Bertz CT molecular complexity index is 803. The van der Waals surface area contributed by atoms with E-state index in [2.05, 4.69) is 4.74 Å². The average Bonchev–Trinajstić information content (AvgIpc) is 2.95. The van der Waals surface area contributed by atoms with Crippen molar-refractivity contribution in [3.8, 4) is 5.75 Å². The molecule has 1 heterocycles. The molecule has 0 aliphatic carbocycles. The van der Waals surface area contributed by atoms with Crippen molar-refractivity contribution in [1.29, 1.82) is 0 Å². The molecule has 5 nitrogen and oxygen atoms in total. The van der Waals surface area contributed by atoms with Crippen molar-refractivity contribution in [1.82, 2.24) is 4.90 Å². The van der Waals surface area contributed by atoms with E-state index in [4.69, 9.17) is 4.74 Å². The monoisotopic (exact) mass is 393 g/mol. The van der Waals surface area contributed by atoms with Gasteiger partial charge in [-0.15, -0.1) is 0 Å². The van der Waals surface area contributed by atoms with Gasteiger partial charge in [0, 0.05) is 12.6 Å². The molecule has 0 unspecified atom stereocenters. The highest BCUT2D eigenvalue weighted by molar-refractivity contribution is 5.85. The van der Waals surface area contributed by atoms with Gasteiger partial charge >= 0.3 is 12.1 Å². The summed E-state index contributed by atoms with van der Waals surface area (Å²) in [6.45, 7) is 6.32. The number of rotatable bonds is 2. The van der Waals surface area contributed by atoms with Crippen LogP contribution in [0.4, 0.5) is 26.7 Å². The minimum absolute atomic E-state index is 0.0620. The summed E-state index contributed by atoms with van der Waals surface area (Å²) in [5.41, 5.74) is -0.350. The van der Waals surface area contributed by atoms with Crippen molar-refractivity contribution in [3.05, 3.63) is 40.9 Å². The maximum atomic E-state index is 13.7. The summed E-state index contributed by atoms with van der Waals surface area (Å²) in [6, 6.07) is -1.38. The lowest BCUT2D eigenvalue weighted by molar-refractivity contribution is -0.139. The molecular weight excluding hydrogens is 377 g/mol. The largest absolute Gasteiger partial charge is 0.443 e. The number of nitrogens with zero attached hydrogens (tertiary/aromatic N) is 1. The Hall–Kier alpha value is -2.65. The highest BCUT2D eigenvalue weighted by Crippen LogP contribution is 2.31. The van der Waals surface area contributed by atoms with E-state index in [1.54, 1.807) is 27.7 Å². The third kappa shape index (κ3) is 4.20. The standard InChI is InChI=1S/C17H16F5NO4/c1-7-5-8(23(6-7)16(25)27-17(2,3)4)15(24)26-14-12(21)10(19)9(18)11(20)13(14)22/h6,8H,5H2,1-4H3/t8-/m0/s1. The smallest absolute Gasteiger partial charge is 0.415 e. The van der Waals surface area contributed by atoms with Crippen LogP contribution < -0.4 is 4.74 Å². The lowest BCUT2D eigenvalue weighted by Gasteiger charge is -2.26. The van der Waals surface area contributed by atoms with Gasteiger partial charge in [-0.05, 0) is 27.7 Å². The number of amides is 1. The minimum Gasteiger partial charge on any atom is -0.443 e. The molecule has 0 radical (unpaired) electrons. The Labute approximate surface area is 151 Å². The molecule has 148 valence electrons. The molecule has 0 bridgehead atoms. The van der Waals surface area contributed by atoms with Gasteiger partial charge in [0.15, 0.2) is 0 Å². The van der Waals surface area contributed by atoms with Crippen LogP contribution >= 0.6 is 0 Å². The van der Waals surface area contributed by atoms with Crippen LogP contribution in [0.3, 0.4) is 0 Å². The Balaban J connectivity index is 2.29. The van der Waals surface area contributed by atoms with E-state index in [1.807, 2.05) is 0 Å². The molecule has 0 aromatic heterocycles. The zero-order valence-electron chi connectivity index (χ0n) is 14.8. The Kier molecular flexibility index (Phi) is 5.48. The van der Waals surface area contributed by atoms with Gasteiger partial charge in [-0.1, -0.05) is 5.57 Å². The number of benzene rings is 1. The number of hydrogen-bond donors (Lipinski definition) is 0. The van der Waals surface area contributed by atoms with E-state index < -0.39 is 58.5 Å². The SMILES string of the molecule is CC1=CN(C(=O)OC(C)(C)C)[C@H](C(=O)Oc2c(F)c(F)c(F)c(F)c2F)C1. The molecule has 1 aliphatic heterocycles. The quantitative estimate of drug-likeness (QED) is 0.249. The lowest BCUT2D eigenvalue weighted by Crippen LogP contribution is -2.43. The van der Waals surface area contributed by atoms with Gasteiger partial charge in [0.2, 0.25) is 34.8 Å². The number of halogens is 5. The molecule has 1 aromatic rings. The summed E-state index contributed by atoms with van der Waals surface area (Å²) in [4.78, 5) is 25.3. The average molecular weight is 393 g/mol. The zero-order valence-corrected chi connectivity index (χ0v) is 14.8. The van der Waals surface area contributed by atoms with Crippen LogP contribution in [0, 0.1) is 29.1 Å². The predicted molar refractivity (Wildman–Crippen MR) is 82.1 cm³/mol. The number of ether oxygens (including phenoxy) is 2. The van der Waals surface area contributed by atoms with E-state index >= 15 is 0 Å². The lowest BCUT2D eigenvalue weighted by atomic mass is 10.1. The third-order valence-corrected chi connectivity index (χ3v) is 3.46. The van der Waals surface area contributed by atoms with Crippen molar-refractivity contribution in [2.24, 2.45) is 0 Å². The van der Waals surface area contributed by atoms with Gasteiger partial charge < -0.3 is 9.47 Å². The van der Waals surface area contributed by atoms with Gasteiger partial charge in [0.25, 0.3) is 0 Å². The van der Waals surface area contributed by atoms with Gasteiger partial charge in [-0.2, -0.15) is 8.78 Å². The molecule has 1 atom stereocenters. The van der Waals surface area contributed by atoms with Crippen LogP contribution in [0.15, 0.2) is 11.8 Å². The van der Waals surface area contributed by atoms with E-state index in [0.717, 1.165) is 4.90 Å². The fourth-order valence-corrected chi connectivity index (χ4v) is 2.32. The summed E-state index contributed by atoms with van der Waals surface area (Å²) in [5, 5.41) is 0. The van der Waals surface area contributed by atoms with Gasteiger partial charge in [0.05, 0.1) is 0 Å². The molecule has 10 heteroatoms. The molecule has 1 amide bonds. The molecular formula is C17H16F5NO4. The first-order valence-corrected chi connectivity index (χ1v) is 7.75. The fourth-order valence-electron chi connectivity index (χ4n) is 2.32. The van der Waals surface area contributed by atoms with Crippen molar-refractivity contribution in [2.75, 3.05) is 0 Å². The third-order valence-electron chi connectivity index (χ3n) is 3.46. The van der Waals surface area contributed by atoms with Crippen LogP contribution in [0.2, 0.25) is 0 Å². The summed E-state index contributed by atoms with van der Waals surface area (Å²) < 4.78 is 76.5. The van der Waals surface area contributed by atoms with E-state index in [0.29, 0.717) is 5.57 Å². The first-order chi connectivity index (χ1) is 12.3. The van der Waals surface area contributed by atoms with Crippen molar-refractivity contribution in [2.45, 2.75) is 45.8 Å². The van der Waals surface area contributed by atoms with Crippen molar-refractivity contribution < 1.29 is 41.0 Å². The van der Waals surface area contributed by atoms with Gasteiger partial charge in [-0.3, -0.25) is 4.90 Å². The summed E-state index contributed by atoms with van der Waals surface area (Å²) >= 11 is 0. The molecule has 0 saturated heterocycles. The zero-order chi connectivity index (χ0) is 20.7. The number of carbonyl (C=O) groups is 2. The number of carbonyl (C=O) groups excluding carboxylic acids is 2. The molecule has 0 saturated carbocycles.